The molecule has 1 fully saturated rings. The van der Waals surface area contributed by atoms with Gasteiger partial charge in [-0.2, -0.15) is 0 Å². The highest BCUT2D eigenvalue weighted by Gasteiger charge is 2.31. The van der Waals surface area contributed by atoms with Crippen LogP contribution < -0.4 is 9.62 Å². The van der Waals surface area contributed by atoms with Gasteiger partial charge in [-0.05, 0) is 49.1 Å². The fraction of sp³-hybridized carbons (Fsp3) is 0.316. The van der Waals surface area contributed by atoms with Crippen LogP contribution in [0.4, 0.5) is 5.69 Å². The number of rotatable bonds is 5. The van der Waals surface area contributed by atoms with E-state index < -0.39 is 10.0 Å². The maximum atomic E-state index is 12.6. The molecule has 0 radical (unpaired) electrons. The largest absolute Gasteiger partial charge is 0.312 e. The first-order valence-electron chi connectivity index (χ1n) is 8.29. The molecule has 3 rings (SSSR count). The van der Waals surface area contributed by atoms with E-state index in [0.29, 0.717) is 23.4 Å². The van der Waals surface area contributed by atoms with Gasteiger partial charge in [-0.3, -0.25) is 4.79 Å². The van der Waals surface area contributed by atoms with Crippen molar-refractivity contribution in [1.29, 1.82) is 0 Å². The highest BCUT2D eigenvalue weighted by atomic mass is 32.2. The van der Waals surface area contributed by atoms with Gasteiger partial charge in [0.1, 0.15) is 0 Å². The molecule has 0 aromatic heterocycles. The Labute approximate surface area is 148 Å². The standard InChI is InChI=1S/C19H22N2O3S/c1-14-8-9-15(2)18(10-14)25(23,24)20-12-16-11-19(22)21(13-16)17-6-4-3-5-7-17/h3-10,16,20H,11-13H2,1-2H3. The summed E-state index contributed by atoms with van der Waals surface area (Å²) in [5.41, 5.74) is 2.47. The quantitative estimate of drug-likeness (QED) is 0.893. The van der Waals surface area contributed by atoms with Crippen molar-refractivity contribution in [3.63, 3.8) is 0 Å². The predicted octanol–water partition coefficient (Wildman–Crippen LogP) is 2.63. The molecule has 1 amide bonds. The molecule has 1 heterocycles. The van der Waals surface area contributed by atoms with Gasteiger partial charge >= 0.3 is 0 Å². The first-order chi connectivity index (χ1) is 11.9. The minimum Gasteiger partial charge on any atom is -0.312 e. The highest BCUT2D eigenvalue weighted by molar-refractivity contribution is 7.89. The van der Waals surface area contributed by atoms with Crippen LogP contribution in [0.1, 0.15) is 17.5 Å². The highest BCUT2D eigenvalue weighted by Crippen LogP contribution is 2.25. The third-order valence-corrected chi connectivity index (χ3v) is 6.03. The van der Waals surface area contributed by atoms with Crippen LogP contribution in [0.2, 0.25) is 0 Å². The van der Waals surface area contributed by atoms with Crippen LogP contribution in [0.3, 0.4) is 0 Å². The topological polar surface area (TPSA) is 66.5 Å². The Kier molecular flexibility index (Phi) is 4.92. The molecule has 6 heteroatoms. The average molecular weight is 358 g/mol. The van der Waals surface area contributed by atoms with E-state index in [4.69, 9.17) is 0 Å². The zero-order valence-corrected chi connectivity index (χ0v) is 15.2. The minimum atomic E-state index is -3.58. The van der Waals surface area contributed by atoms with Crippen LogP contribution in [0.25, 0.3) is 0 Å². The fourth-order valence-corrected chi connectivity index (χ4v) is 4.52. The molecule has 2 aromatic carbocycles. The molecule has 1 unspecified atom stereocenters. The Bertz CT molecular complexity index is 879. The number of carbonyl (C=O) groups is 1. The van der Waals surface area contributed by atoms with Gasteiger partial charge in [0.15, 0.2) is 0 Å². The molecule has 25 heavy (non-hydrogen) atoms. The lowest BCUT2D eigenvalue weighted by Crippen LogP contribution is -2.31. The third-order valence-electron chi connectivity index (χ3n) is 4.47. The van der Waals surface area contributed by atoms with Crippen LogP contribution >= 0.6 is 0 Å². The van der Waals surface area contributed by atoms with E-state index in [0.717, 1.165) is 11.3 Å². The van der Waals surface area contributed by atoms with Gasteiger partial charge in [-0.1, -0.05) is 30.3 Å². The molecular formula is C19H22N2O3S. The van der Waals surface area contributed by atoms with Crippen LogP contribution in [0.15, 0.2) is 53.4 Å². The summed E-state index contributed by atoms with van der Waals surface area (Å²) in [5, 5.41) is 0. The summed E-state index contributed by atoms with van der Waals surface area (Å²) in [5.74, 6) is -0.00488. The molecular weight excluding hydrogens is 336 g/mol. The van der Waals surface area contributed by atoms with Crippen LogP contribution in [0, 0.1) is 19.8 Å². The smallest absolute Gasteiger partial charge is 0.240 e. The van der Waals surface area contributed by atoms with Gasteiger partial charge in [0, 0.05) is 25.2 Å². The molecule has 1 atom stereocenters. The monoisotopic (exact) mass is 358 g/mol. The molecule has 5 nitrogen and oxygen atoms in total. The second-order valence-corrected chi connectivity index (χ2v) is 8.27. The molecule has 1 N–H and O–H groups in total. The molecule has 0 saturated carbocycles. The molecule has 0 spiro atoms. The molecule has 1 aliphatic heterocycles. The molecule has 0 bridgehead atoms. The number of nitrogens with one attached hydrogen (secondary N) is 1. The van der Waals surface area contributed by atoms with Crippen molar-refractivity contribution >= 4 is 21.6 Å². The molecule has 1 aliphatic rings. The third kappa shape index (κ3) is 3.91. The van der Waals surface area contributed by atoms with Gasteiger partial charge in [0.05, 0.1) is 4.90 Å². The van der Waals surface area contributed by atoms with E-state index in [2.05, 4.69) is 4.72 Å². The van der Waals surface area contributed by atoms with Crippen LogP contribution in [-0.4, -0.2) is 27.4 Å². The predicted molar refractivity (Wildman–Crippen MR) is 98.0 cm³/mol. The Morgan fingerprint density at radius 1 is 1.12 bits per heavy atom. The van der Waals surface area contributed by atoms with Crippen molar-refractivity contribution in [2.24, 2.45) is 5.92 Å². The normalized spacial score (nSPS) is 17.9. The van der Waals surface area contributed by atoms with E-state index in [1.165, 1.54) is 0 Å². The maximum Gasteiger partial charge on any atom is 0.240 e. The van der Waals surface area contributed by atoms with Crippen molar-refractivity contribution < 1.29 is 13.2 Å². The van der Waals surface area contributed by atoms with Crippen molar-refractivity contribution in [3.05, 3.63) is 59.7 Å². The van der Waals surface area contributed by atoms with E-state index >= 15 is 0 Å². The van der Waals surface area contributed by atoms with Gasteiger partial charge in [-0.15, -0.1) is 0 Å². The van der Waals surface area contributed by atoms with Crippen molar-refractivity contribution in [2.75, 3.05) is 18.0 Å². The summed E-state index contributed by atoms with van der Waals surface area (Å²) in [7, 11) is -3.58. The fourth-order valence-electron chi connectivity index (χ4n) is 3.08. The lowest BCUT2D eigenvalue weighted by Gasteiger charge is -2.17. The van der Waals surface area contributed by atoms with E-state index in [9.17, 15) is 13.2 Å². The second-order valence-electron chi connectivity index (χ2n) is 6.53. The van der Waals surface area contributed by atoms with Gasteiger partial charge in [0.2, 0.25) is 15.9 Å². The molecule has 2 aromatic rings. The number of hydrogen-bond acceptors (Lipinski definition) is 3. The summed E-state index contributed by atoms with van der Waals surface area (Å²) in [6.07, 6.45) is 0.351. The number of sulfonamides is 1. The number of amides is 1. The minimum absolute atomic E-state index is 0.0298. The number of aryl methyl sites for hydroxylation is 2. The first kappa shape index (κ1) is 17.6. The summed E-state index contributed by atoms with van der Waals surface area (Å²) in [4.78, 5) is 14.2. The Balaban J connectivity index is 1.68. The van der Waals surface area contributed by atoms with Crippen LogP contribution in [-0.2, 0) is 14.8 Å². The average Bonchev–Trinajstić information content (AvgIpc) is 2.97. The summed E-state index contributed by atoms with van der Waals surface area (Å²) in [6, 6.07) is 14.8. The summed E-state index contributed by atoms with van der Waals surface area (Å²) < 4.78 is 27.8. The lowest BCUT2D eigenvalue weighted by molar-refractivity contribution is -0.117. The van der Waals surface area contributed by atoms with Gasteiger partial charge in [0.25, 0.3) is 0 Å². The van der Waals surface area contributed by atoms with Gasteiger partial charge < -0.3 is 4.90 Å². The van der Waals surface area contributed by atoms with Crippen molar-refractivity contribution in [1.82, 2.24) is 4.72 Å². The number of hydrogen-bond donors (Lipinski definition) is 1. The maximum absolute atomic E-state index is 12.6. The first-order valence-corrected chi connectivity index (χ1v) is 9.77. The number of nitrogens with zero attached hydrogens (tertiary/aromatic N) is 1. The number of para-hydroxylation sites is 1. The van der Waals surface area contributed by atoms with E-state index in [1.807, 2.05) is 43.3 Å². The zero-order valence-electron chi connectivity index (χ0n) is 14.4. The summed E-state index contributed by atoms with van der Waals surface area (Å²) >= 11 is 0. The zero-order chi connectivity index (χ0) is 18.0. The molecule has 1 saturated heterocycles. The lowest BCUT2D eigenvalue weighted by atomic mass is 10.1. The summed E-state index contributed by atoms with van der Waals surface area (Å²) in [6.45, 7) is 4.43. The second kappa shape index (κ2) is 6.98. The molecule has 0 aliphatic carbocycles. The molecule has 132 valence electrons. The Morgan fingerprint density at radius 3 is 2.56 bits per heavy atom. The van der Waals surface area contributed by atoms with E-state index in [1.54, 1.807) is 24.0 Å². The van der Waals surface area contributed by atoms with Gasteiger partial charge in [-0.25, -0.2) is 13.1 Å². The van der Waals surface area contributed by atoms with Crippen molar-refractivity contribution in [2.45, 2.75) is 25.2 Å². The number of benzene rings is 2. The number of anilines is 1. The van der Waals surface area contributed by atoms with Crippen molar-refractivity contribution in [3.8, 4) is 0 Å². The number of carbonyl (C=O) groups excluding carboxylic acids is 1. The van der Waals surface area contributed by atoms with Crippen LogP contribution in [0.5, 0.6) is 0 Å². The Hall–Kier alpha value is -2.18. The van der Waals surface area contributed by atoms with E-state index in [-0.39, 0.29) is 18.4 Å². The Morgan fingerprint density at radius 2 is 1.84 bits per heavy atom. The SMILES string of the molecule is Cc1ccc(C)c(S(=O)(=O)NCC2CC(=O)N(c3ccccc3)C2)c1.